The Morgan fingerprint density at radius 3 is 1.49 bits per heavy atom. The fourth-order valence-corrected chi connectivity index (χ4v) is 10.3. The second kappa shape index (κ2) is 25.6. The molecule has 0 fully saturated rings. The Morgan fingerprint density at radius 1 is 0.613 bits per heavy atom. The lowest BCUT2D eigenvalue weighted by atomic mass is 10.1. The van der Waals surface area contributed by atoms with Crippen molar-refractivity contribution in [1.29, 1.82) is 0 Å². The quantitative estimate of drug-likeness (QED) is 0.0372. The number of fused-ring (bicyclic) bond motifs is 2. The van der Waals surface area contributed by atoms with Gasteiger partial charge in [0.2, 0.25) is 11.8 Å². The lowest BCUT2D eigenvalue weighted by Crippen LogP contribution is -2.49. The largest absolute Gasteiger partial charge is 0.480 e. The van der Waals surface area contributed by atoms with E-state index in [1.54, 1.807) is 61.3 Å². The van der Waals surface area contributed by atoms with Crippen molar-refractivity contribution < 1.29 is 48.2 Å². The van der Waals surface area contributed by atoms with Crippen LogP contribution in [-0.2, 0) is 36.8 Å². The van der Waals surface area contributed by atoms with Crippen molar-refractivity contribution in [2.75, 3.05) is 23.7 Å². The number of nitrogens with zero attached hydrogens (tertiary/aromatic N) is 4. The molecule has 0 radical (unpaired) electrons. The normalized spacial score (nSPS) is 11.7. The van der Waals surface area contributed by atoms with E-state index in [0.29, 0.717) is 34.0 Å². The van der Waals surface area contributed by atoms with Crippen molar-refractivity contribution in [3.8, 4) is 0 Å². The Hall–Kier alpha value is -8.20. The minimum Gasteiger partial charge on any atom is -0.480 e. The third-order valence-corrected chi connectivity index (χ3v) is 15.0. The Bertz CT molecular complexity index is 3320. The summed E-state index contributed by atoms with van der Waals surface area (Å²) in [6.07, 6.45) is 4.44. The number of aromatic amines is 2. The Kier molecular flexibility index (Phi) is 18.7. The smallest absolute Gasteiger partial charge is 0.330 e. The minimum atomic E-state index is -1.35. The third-order valence-electron chi connectivity index (χ3n) is 11.2. The zero-order chi connectivity index (χ0) is 53.6. The fraction of sp³-hybridized carbons (Fsp3) is 0.265. The number of aromatic nitrogens is 6. The van der Waals surface area contributed by atoms with Crippen LogP contribution in [0, 0.1) is 13.8 Å². The van der Waals surface area contributed by atoms with Crippen LogP contribution in [0.2, 0.25) is 0 Å². The molecule has 2 atom stereocenters. The molecular weight excluding hydrogens is 1040 g/mol. The molecule has 0 aliphatic heterocycles. The van der Waals surface area contributed by atoms with Gasteiger partial charge >= 0.3 is 11.9 Å². The molecule has 0 bridgehead atoms. The maximum Gasteiger partial charge on any atom is 0.330 e. The number of carbonyl (C=O) groups excluding carboxylic acids is 7. The van der Waals surface area contributed by atoms with Gasteiger partial charge in [0.1, 0.15) is 27.9 Å². The maximum atomic E-state index is 13.2. The first-order chi connectivity index (χ1) is 36.1. The van der Waals surface area contributed by atoms with Crippen molar-refractivity contribution >= 4 is 125 Å². The van der Waals surface area contributed by atoms with Crippen molar-refractivity contribution in [1.82, 2.24) is 51.6 Å². The molecule has 0 aliphatic carbocycles. The molecule has 0 spiro atoms. The van der Waals surface area contributed by atoms with Gasteiger partial charge < -0.3 is 41.7 Å². The highest BCUT2D eigenvalue weighted by molar-refractivity contribution is 7.18. The number of nitrogens with one attached hydrogen (secondary N) is 8. The zero-order valence-corrected chi connectivity index (χ0v) is 43.9. The summed E-state index contributed by atoms with van der Waals surface area (Å²) in [6.45, 7) is 6.59. The molecule has 2 aromatic carbocycles. The fourth-order valence-electron chi connectivity index (χ4n) is 7.28. The van der Waals surface area contributed by atoms with Crippen molar-refractivity contribution in [3.63, 3.8) is 0 Å². The predicted octanol–water partition coefficient (Wildman–Crippen LogP) is 6.01. The Balaban J connectivity index is 0.000000221. The van der Waals surface area contributed by atoms with Gasteiger partial charge in [-0.3, -0.25) is 39.0 Å². The van der Waals surface area contributed by atoms with Crippen molar-refractivity contribution in [2.24, 2.45) is 0 Å². The van der Waals surface area contributed by atoms with Gasteiger partial charge in [-0.25, -0.2) is 19.6 Å². The molecule has 6 heterocycles. The van der Waals surface area contributed by atoms with Crippen LogP contribution in [-0.4, -0.2) is 114 Å². The Morgan fingerprint density at radius 2 is 1.07 bits per heavy atom. The van der Waals surface area contributed by atoms with Gasteiger partial charge in [-0.05, 0) is 72.8 Å². The molecule has 26 heteroatoms. The number of hydrogen-bond acceptors (Lipinski definition) is 17. The van der Waals surface area contributed by atoms with Crippen molar-refractivity contribution in [2.45, 2.75) is 71.6 Å². The molecule has 390 valence electrons. The first-order valence-corrected chi connectivity index (χ1v) is 26.5. The van der Waals surface area contributed by atoms with Crippen LogP contribution in [0.4, 0.5) is 10.3 Å². The van der Waals surface area contributed by atoms with E-state index >= 15 is 0 Å². The molecule has 8 rings (SSSR count). The van der Waals surface area contributed by atoms with E-state index in [0.717, 1.165) is 55.6 Å². The molecule has 6 amide bonds. The highest BCUT2D eigenvalue weighted by Crippen LogP contribution is 2.26. The highest BCUT2D eigenvalue weighted by Gasteiger charge is 2.29. The third kappa shape index (κ3) is 14.5. The zero-order valence-electron chi connectivity index (χ0n) is 40.6. The number of carboxylic acid groups (broad SMARTS) is 1. The van der Waals surface area contributed by atoms with Gasteiger partial charge in [0.15, 0.2) is 10.3 Å². The summed E-state index contributed by atoms with van der Waals surface area (Å²) in [5.41, 5.74) is 3.97. The Labute approximate surface area is 443 Å². The highest BCUT2D eigenvalue weighted by atomic mass is 32.1. The number of amides is 6. The van der Waals surface area contributed by atoms with Gasteiger partial charge in [0, 0.05) is 23.9 Å². The standard InChI is InChI=1S/C27H30N6O5S2.C22H20N6O5S2/c1-4-17(5-2)38-26(37)20(14-28-24(35)21-10-7-11-39-21)31-25(36)23-15(3)30-27(40-23)32-22(34)12-16-8-6-9-19-18(16)13-29-33-19;1-11-18(20(31)26-15(21(32)33)10-23-19(30)16-6-3-7-34-16)35-22(25-11)27-17(29)8-12-4-2-5-14-13(12)9-24-28-14/h6-11,13,17,20H,4-5,12,14H2,1-3H3,(H,28,35)(H,29,33)(H,31,36)(H,30,32,34);2-7,9,15H,8,10H2,1H3,(H,23,30)(H,24,28)(H,26,31)(H,32,33)(H,25,27,29)/t20-;15-/m00/s1. The van der Waals surface area contributed by atoms with Crippen LogP contribution in [0.25, 0.3) is 21.8 Å². The maximum absolute atomic E-state index is 13.2. The number of thiazole rings is 2. The van der Waals surface area contributed by atoms with Gasteiger partial charge in [0.05, 0.1) is 57.4 Å². The summed E-state index contributed by atoms with van der Waals surface area (Å²) in [6, 6.07) is 15.3. The van der Waals surface area contributed by atoms with E-state index in [1.165, 1.54) is 22.7 Å². The molecule has 8 aromatic rings. The molecule has 0 aliphatic rings. The van der Waals surface area contributed by atoms with Crippen LogP contribution in [0.15, 0.2) is 83.8 Å². The van der Waals surface area contributed by atoms with Gasteiger partial charge in [-0.1, -0.05) is 72.9 Å². The number of anilines is 2. The number of esters is 1. The lowest BCUT2D eigenvalue weighted by molar-refractivity contribution is -0.151. The van der Waals surface area contributed by atoms with Gasteiger partial charge in [-0.15, -0.1) is 22.7 Å². The summed E-state index contributed by atoms with van der Waals surface area (Å²) in [4.78, 5) is 110. The number of carbonyl (C=O) groups is 8. The number of aliphatic carboxylic acids is 1. The van der Waals surface area contributed by atoms with E-state index in [4.69, 9.17) is 4.74 Å². The topological polar surface area (TPSA) is 321 Å². The molecule has 0 saturated heterocycles. The first-order valence-electron chi connectivity index (χ1n) is 23.1. The lowest BCUT2D eigenvalue weighted by Gasteiger charge is -2.21. The van der Waals surface area contributed by atoms with E-state index < -0.39 is 41.7 Å². The number of H-pyrrole nitrogens is 2. The van der Waals surface area contributed by atoms with E-state index in [2.05, 4.69) is 62.3 Å². The summed E-state index contributed by atoms with van der Waals surface area (Å²) in [5.74, 6) is -4.56. The first kappa shape index (κ1) is 54.6. The molecule has 0 unspecified atom stereocenters. The number of ether oxygens (including phenoxy) is 1. The van der Waals surface area contributed by atoms with Crippen LogP contribution in [0.5, 0.6) is 0 Å². The predicted molar refractivity (Wildman–Crippen MR) is 284 cm³/mol. The number of thiophene rings is 2. The molecular formula is C49H50N12O10S4. The van der Waals surface area contributed by atoms with Gasteiger partial charge in [0.25, 0.3) is 23.6 Å². The van der Waals surface area contributed by atoms with E-state index in [9.17, 15) is 43.5 Å². The number of hydrogen-bond donors (Lipinski definition) is 9. The minimum absolute atomic E-state index is 0.0854. The number of carboxylic acids is 1. The summed E-state index contributed by atoms with van der Waals surface area (Å²) in [7, 11) is 0. The van der Waals surface area contributed by atoms with Crippen LogP contribution < -0.4 is 31.9 Å². The van der Waals surface area contributed by atoms with Gasteiger partial charge in [-0.2, -0.15) is 10.2 Å². The summed E-state index contributed by atoms with van der Waals surface area (Å²) in [5, 5.41) is 44.6. The van der Waals surface area contributed by atoms with Crippen LogP contribution in [0.3, 0.4) is 0 Å². The van der Waals surface area contributed by atoms with Crippen LogP contribution >= 0.6 is 45.3 Å². The number of benzene rings is 2. The second-order valence-electron chi connectivity index (χ2n) is 16.5. The molecule has 6 aromatic heterocycles. The van der Waals surface area contributed by atoms with E-state index in [-0.39, 0.29) is 69.8 Å². The molecule has 9 N–H and O–H groups in total. The molecule has 75 heavy (non-hydrogen) atoms. The monoisotopic (exact) mass is 1090 g/mol. The average Bonchev–Trinajstić information content (AvgIpc) is 4.26. The van der Waals surface area contributed by atoms with Crippen LogP contribution in [0.1, 0.15) is 87.9 Å². The average molecular weight is 1100 g/mol. The summed E-state index contributed by atoms with van der Waals surface area (Å²) < 4.78 is 5.56. The number of aryl methyl sites for hydroxylation is 2. The molecule has 0 saturated carbocycles. The SMILES string of the molecule is CCC(CC)OC(=O)[C@H](CNC(=O)c1cccs1)NC(=O)c1sc(NC(=O)Cc2cccc3[nH]ncc23)nc1C.Cc1nc(NC(=O)Cc2cccc3[nH]ncc23)sc1C(=O)N[C@@H](CNC(=O)c1cccs1)C(=O)O. The second-order valence-corrected chi connectivity index (χ2v) is 20.3. The molecule has 22 nitrogen and oxygen atoms in total. The van der Waals surface area contributed by atoms with Crippen molar-refractivity contribution in [3.05, 3.63) is 126 Å². The summed E-state index contributed by atoms with van der Waals surface area (Å²) >= 11 is 4.42. The number of rotatable bonds is 21. The van der Waals surface area contributed by atoms with E-state index in [1.807, 2.05) is 50.2 Å².